The van der Waals surface area contributed by atoms with Gasteiger partial charge in [0.15, 0.2) is 0 Å². The Hall–Kier alpha value is -3.46. The van der Waals surface area contributed by atoms with Crippen molar-refractivity contribution in [2.75, 3.05) is 20.2 Å². The molecule has 4 heterocycles. The van der Waals surface area contributed by atoms with E-state index in [1.54, 1.807) is 30.3 Å². The molecule has 0 unspecified atom stereocenters. The van der Waals surface area contributed by atoms with Crippen LogP contribution in [0, 0.1) is 6.92 Å². The van der Waals surface area contributed by atoms with Crippen LogP contribution in [0.4, 0.5) is 0 Å². The number of rotatable bonds is 5. The molecular formula is C25H26N4O4S. The molecule has 1 aliphatic heterocycles. The Bertz CT molecular complexity index is 1440. The summed E-state index contributed by atoms with van der Waals surface area (Å²) in [5.41, 5.74) is 2.26. The van der Waals surface area contributed by atoms with Gasteiger partial charge in [0.2, 0.25) is 5.43 Å². The Morgan fingerprint density at radius 2 is 1.97 bits per heavy atom. The van der Waals surface area contributed by atoms with Crippen LogP contribution < -0.4 is 14.9 Å². The van der Waals surface area contributed by atoms with Crippen LogP contribution in [0.1, 0.15) is 35.8 Å². The van der Waals surface area contributed by atoms with E-state index in [4.69, 9.17) is 9.47 Å². The molecule has 5 rings (SSSR count). The van der Waals surface area contributed by atoms with Gasteiger partial charge in [-0.05, 0) is 44.2 Å². The number of amides is 1. The molecule has 0 N–H and O–H groups in total. The molecule has 1 amide bonds. The zero-order valence-corrected chi connectivity index (χ0v) is 20.2. The Kier molecular flexibility index (Phi) is 5.95. The molecular weight excluding hydrogens is 452 g/mol. The summed E-state index contributed by atoms with van der Waals surface area (Å²) in [5.74, 6) is 0.552. The largest absolute Gasteiger partial charge is 0.497 e. The number of hydrogen-bond donors (Lipinski definition) is 0. The van der Waals surface area contributed by atoms with Gasteiger partial charge in [-0.2, -0.15) is 0 Å². The van der Waals surface area contributed by atoms with Gasteiger partial charge in [0.25, 0.3) is 11.1 Å². The predicted octanol–water partition coefficient (Wildman–Crippen LogP) is 4.03. The summed E-state index contributed by atoms with van der Waals surface area (Å²) in [6, 6.07) is 9.31. The van der Waals surface area contributed by atoms with Crippen LogP contribution in [0.3, 0.4) is 0 Å². The van der Waals surface area contributed by atoms with Crippen molar-refractivity contribution >= 4 is 38.5 Å². The maximum atomic E-state index is 13.3. The summed E-state index contributed by atoms with van der Waals surface area (Å²) in [4.78, 5) is 37.2. The molecule has 1 aromatic carbocycles. The van der Waals surface area contributed by atoms with Crippen molar-refractivity contribution in [3.63, 3.8) is 0 Å². The molecule has 1 fully saturated rings. The fraction of sp³-hybridized carbons (Fsp3) is 0.360. The summed E-state index contributed by atoms with van der Waals surface area (Å²) >= 11 is 1.49. The molecule has 0 saturated carbocycles. The topological polar surface area (TPSA) is 86.5 Å². The molecule has 1 saturated heterocycles. The maximum absolute atomic E-state index is 13.3. The number of pyridine rings is 2. The zero-order chi connectivity index (χ0) is 23.8. The van der Waals surface area contributed by atoms with Crippen LogP contribution in [0.25, 0.3) is 21.3 Å². The first-order valence-electron chi connectivity index (χ1n) is 11.4. The molecule has 176 valence electrons. The Morgan fingerprint density at radius 3 is 2.71 bits per heavy atom. The lowest BCUT2D eigenvalue weighted by Crippen LogP contribution is -2.43. The summed E-state index contributed by atoms with van der Waals surface area (Å²) in [6.45, 7) is 5.54. The molecule has 34 heavy (non-hydrogen) atoms. The number of benzene rings is 1. The average molecular weight is 479 g/mol. The van der Waals surface area contributed by atoms with Crippen LogP contribution in [-0.2, 0) is 6.54 Å². The molecule has 0 radical (unpaired) electrons. The van der Waals surface area contributed by atoms with Crippen LogP contribution in [0.5, 0.6) is 10.9 Å². The van der Waals surface area contributed by atoms with Gasteiger partial charge in [-0.3, -0.25) is 9.59 Å². The minimum Gasteiger partial charge on any atom is -0.497 e. The van der Waals surface area contributed by atoms with Crippen LogP contribution >= 0.6 is 11.3 Å². The van der Waals surface area contributed by atoms with Gasteiger partial charge < -0.3 is 18.9 Å². The number of thiazole rings is 1. The second kappa shape index (κ2) is 9.06. The highest BCUT2D eigenvalue weighted by atomic mass is 32.1. The smallest absolute Gasteiger partial charge is 0.274 e. The molecule has 0 spiro atoms. The molecule has 0 bridgehead atoms. The normalized spacial score (nSPS) is 14.6. The number of methoxy groups -OCH3 is 1. The maximum Gasteiger partial charge on any atom is 0.274 e. The number of piperidine rings is 1. The Morgan fingerprint density at radius 1 is 1.18 bits per heavy atom. The van der Waals surface area contributed by atoms with Crippen LogP contribution in [0.2, 0.25) is 0 Å². The molecule has 1 aliphatic rings. The fourth-order valence-corrected chi connectivity index (χ4v) is 5.21. The number of nitrogens with zero attached hydrogens (tertiary/aromatic N) is 4. The second-order valence-electron chi connectivity index (χ2n) is 8.40. The van der Waals surface area contributed by atoms with E-state index in [0.717, 1.165) is 21.7 Å². The fourth-order valence-electron chi connectivity index (χ4n) is 4.30. The number of carbonyl (C=O) groups is 1. The molecule has 0 aliphatic carbocycles. The van der Waals surface area contributed by atoms with Crippen molar-refractivity contribution in [2.24, 2.45) is 0 Å². The van der Waals surface area contributed by atoms with E-state index in [0.29, 0.717) is 48.7 Å². The summed E-state index contributed by atoms with van der Waals surface area (Å²) in [6.07, 6.45) is 2.99. The first kappa shape index (κ1) is 22.3. The average Bonchev–Trinajstić information content (AvgIpc) is 3.25. The lowest BCUT2D eigenvalue weighted by atomic mass is 10.1. The van der Waals surface area contributed by atoms with E-state index >= 15 is 0 Å². The minimum absolute atomic E-state index is 0.0254. The van der Waals surface area contributed by atoms with Gasteiger partial charge in [-0.25, -0.2) is 9.97 Å². The third kappa shape index (κ3) is 4.11. The van der Waals surface area contributed by atoms with E-state index in [2.05, 4.69) is 9.97 Å². The SMILES string of the molecule is CCn1cc(C(=O)N2CCC(Oc3nc4ccc(OC)cc4s3)CC2)c(=O)c2ccc(C)nc21. The molecule has 3 aromatic heterocycles. The predicted molar refractivity (Wildman–Crippen MR) is 132 cm³/mol. The quantitative estimate of drug-likeness (QED) is 0.431. The molecule has 8 nitrogen and oxygen atoms in total. The number of hydrogen-bond acceptors (Lipinski definition) is 7. The minimum atomic E-state index is -0.263. The van der Waals surface area contributed by atoms with E-state index in [9.17, 15) is 9.59 Å². The van der Waals surface area contributed by atoms with Gasteiger partial charge >= 0.3 is 0 Å². The third-order valence-electron chi connectivity index (χ3n) is 6.20. The Balaban J connectivity index is 1.30. The van der Waals surface area contributed by atoms with Crippen LogP contribution in [-0.4, -0.2) is 51.6 Å². The number of fused-ring (bicyclic) bond motifs is 2. The number of likely N-dealkylation sites (tertiary alicyclic amines) is 1. The number of carbonyl (C=O) groups excluding carboxylic acids is 1. The van der Waals surface area contributed by atoms with E-state index < -0.39 is 0 Å². The van der Waals surface area contributed by atoms with E-state index in [1.807, 2.05) is 36.6 Å². The van der Waals surface area contributed by atoms with E-state index in [1.165, 1.54) is 11.3 Å². The van der Waals surface area contributed by atoms with Gasteiger partial charge in [-0.1, -0.05) is 11.3 Å². The van der Waals surface area contributed by atoms with Gasteiger partial charge in [0, 0.05) is 44.4 Å². The van der Waals surface area contributed by atoms with Gasteiger partial charge in [0.1, 0.15) is 23.1 Å². The highest BCUT2D eigenvalue weighted by molar-refractivity contribution is 7.20. The zero-order valence-electron chi connectivity index (χ0n) is 19.4. The first-order chi connectivity index (χ1) is 16.5. The second-order valence-corrected chi connectivity index (χ2v) is 9.40. The van der Waals surface area contributed by atoms with Gasteiger partial charge in [0.05, 0.1) is 22.7 Å². The van der Waals surface area contributed by atoms with Crippen molar-refractivity contribution in [1.29, 1.82) is 0 Å². The molecule has 0 atom stereocenters. The monoisotopic (exact) mass is 478 g/mol. The standard InChI is InChI=1S/C25H26N4O4S/c1-4-28-14-19(22(30)18-7-5-15(2)26-23(18)28)24(31)29-11-9-16(10-12-29)33-25-27-20-8-6-17(32-3)13-21(20)34-25/h5-8,13-14,16H,4,9-12H2,1-3H3. The van der Waals surface area contributed by atoms with Crippen molar-refractivity contribution < 1.29 is 14.3 Å². The van der Waals surface area contributed by atoms with Crippen molar-refractivity contribution in [3.8, 4) is 10.9 Å². The number of aryl methyl sites for hydroxylation is 2. The first-order valence-corrected chi connectivity index (χ1v) is 12.2. The summed E-state index contributed by atoms with van der Waals surface area (Å²) in [5, 5.41) is 1.10. The van der Waals surface area contributed by atoms with Crippen molar-refractivity contribution in [1.82, 2.24) is 19.4 Å². The van der Waals surface area contributed by atoms with E-state index in [-0.39, 0.29) is 23.0 Å². The molecule has 4 aromatic rings. The highest BCUT2D eigenvalue weighted by Crippen LogP contribution is 2.32. The van der Waals surface area contributed by atoms with Crippen LogP contribution in [0.15, 0.2) is 41.3 Å². The number of aromatic nitrogens is 3. The lowest BCUT2D eigenvalue weighted by Gasteiger charge is -2.31. The Labute approximate surface area is 200 Å². The summed E-state index contributed by atoms with van der Waals surface area (Å²) < 4.78 is 14.3. The van der Waals surface area contributed by atoms with Gasteiger partial charge in [-0.15, -0.1) is 0 Å². The molecule has 9 heteroatoms. The highest BCUT2D eigenvalue weighted by Gasteiger charge is 2.27. The number of ether oxygens (including phenoxy) is 2. The third-order valence-corrected chi connectivity index (χ3v) is 7.11. The lowest BCUT2D eigenvalue weighted by molar-refractivity contribution is 0.0594. The summed E-state index contributed by atoms with van der Waals surface area (Å²) in [7, 11) is 1.64. The van der Waals surface area contributed by atoms with Crippen molar-refractivity contribution in [3.05, 3.63) is 58.0 Å². The van der Waals surface area contributed by atoms with Crippen molar-refractivity contribution in [2.45, 2.75) is 39.3 Å².